The molecule has 2 heterocycles. The summed E-state index contributed by atoms with van der Waals surface area (Å²) in [7, 11) is 0. The summed E-state index contributed by atoms with van der Waals surface area (Å²) < 4.78 is 0. The van der Waals surface area contributed by atoms with Crippen LogP contribution in [0.15, 0.2) is 12.1 Å². The van der Waals surface area contributed by atoms with Crippen LogP contribution in [0.4, 0.5) is 0 Å². The van der Waals surface area contributed by atoms with E-state index in [4.69, 9.17) is 23.2 Å². The zero-order chi connectivity index (χ0) is 22.1. The number of carbonyl (C=O) groups excluding carboxylic acids is 2. The standard InChI is InChI=1S/C24H32Cl2O2S2/c1-4-7-9-10-12-19-17(25)14-21(29-19)23(27)24(28)22-15-18(26)20(30-22)13-16(6-3)11-8-5-2/h14-16H,4-13H2,1-3H3. The van der Waals surface area contributed by atoms with Gasteiger partial charge in [-0.3, -0.25) is 9.59 Å². The molecule has 0 aliphatic carbocycles. The van der Waals surface area contributed by atoms with Crippen LogP contribution >= 0.6 is 45.9 Å². The van der Waals surface area contributed by atoms with Crippen molar-refractivity contribution in [1.29, 1.82) is 0 Å². The van der Waals surface area contributed by atoms with Gasteiger partial charge in [-0.05, 0) is 37.3 Å². The Balaban J connectivity index is 2.07. The van der Waals surface area contributed by atoms with Crippen LogP contribution in [0.3, 0.4) is 0 Å². The fourth-order valence-corrected chi connectivity index (χ4v) is 6.37. The van der Waals surface area contributed by atoms with Gasteiger partial charge in [0.05, 0.1) is 19.8 Å². The van der Waals surface area contributed by atoms with Crippen LogP contribution in [-0.2, 0) is 12.8 Å². The van der Waals surface area contributed by atoms with Crippen molar-refractivity contribution in [3.05, 3.63) is 41.7 Å². The number of unbranched alkanes of at least 4 members (excludes halogenated alkanes) is 4. The molecule has 0 N–H and O–H groups in total. The van der Waals surface area contributed by atoms with Gasteiger partial charge in [0.15, 0.2) is 0 Å². The number of aryl methyl sites for hydroxylation is 1. The molecular formula is C24H32Cl2O2S2. The first-order valence-corrected chi connectivity index (χ1v) is 13.4. The summed E-state index contributed by atoms with van der Waals surface area (Å²) >= 11 is 15.5. The van der Waals surface area contributed by atoms with Crippen LogP contribution in [0.25, 0.3) is 0 Å². The first-order chi connectivity index (χ1) is 14.4. The van der Waals surface area contributed by atoms with E-state index < -0.39 is 11.6 Å². The zero-order valence-electron chi connectivity index (χ0n) is 18.2. The second-order valence-corrected chi connectivity index (χ2v) is 10.9. The number of Topliss-reactive ketones (excluding diaryl/α,β-unsaturated/α-hetero) is 2. The number of thiophene rings is 2. The Bertz CT molecular complexity index is 838. The lowest BCUT2D eigenvalue weighted by Gasteiger charge is -2.13. The molecule has 0 spiro atoms. The average Bonchev–Trinajstić information content (AvgIpc) is 3.29. The molecule has 2 aromatic heterocycles. The van der Waals surface area contributed by atoms with Gasteiger partial charge < -0.3 is 0 Å². The molecule has 0 aliphatic heterocycles. The SMILES string of the molecule is CCCCCCc1sc(C(=O)C(=O)c2cc(Cl)c(CC(CC)CCCC)s2)cc1Cl. The predicted molar refractivity (Wildman–Crippen MR) is 132 cm³/mol. The molecule has 0 aromatic carbocycles. The van der Waals surface area contributed by atoms with Crippen molar-refractivity contribution >= 4 is 57.4 Å². The number of halogens is 2. The minimum Gasteiger partial charge on any atom is -0.284 e. The van der Waals surface area contributed by atoms with Crippen molar-refractivity contribution in [2.24, 2.45) is 5.92 Å². The minimum absolute atomic E-state index is 0.427. The molecule has 2 aromatic rings. The van der Waals surface area contributed by atoms with E-state index in [0.717, 1.165) is 48.3 Å². The summed E-state index contributed by atoms with van der Waals surface area (Å²) in [6, 6.07) is 3.31. The summed E-state index contributed by atoms with van der Waals surface area (Å²) in [6.45, 7) is 6.56. The topological polar surface area (TPSA) is 34.1 Å². The molecule has 0 fully saturated rings. The van der Waals surface area contributed by atoms with Gasteiger partial charge in [0.25, 0.3) is 0 Å². The quantitative estimate of drug-likeness (QED) is 0.151. The smallest absolute Gasteiger partial charge is 0.244 e. The van der Waals surface area contributed by atoms with Gasteiger partial charge in [-0.25, -0.2) is 0 Å². The summed E-state index contributed by atoms with van der Waals surface area (Å²) in [5.41, 5.74) is 0. The molecule has 166 valence electrons. The molecule has 0 amide bonds. The first kappa shape index (κ1) is 25.6. The van der Waals surface area contributed by atoms with Crippen molar-refractivity contribution in [2.45, 2.75) is 85.0 Å². The van der Waals surface area contributed by atoms with Gasteiger partial charge in [-0.2, -0.15) is 0 Å². The van der Waals surface area contributed by atoms with E-state index in [1.54, 1.807) is 12.1 Å². The number of hydrogen-bond acceptors (Lipinski definition) is 4. The molecule has 0 aliphatic rings. The van der Waals surface area contributed by atoms with E-state index >= 15 is 0 Å². The number of carbonyl (C=O) groups is 2. The second kappa shape index (κ2) is 13.0. The largest absolute Gasteiger partial charge is 0.284 e. The molecule has 0 saturated carbocycles. The molecule has 0 bridgehead atoms. The van der Waals surface area contributed by atoms with Crippen LogP contribution in [-0.4, -0.2) is 11.6 Å². The molecule has 2 nitrogen and oxygen atoms in total. The van der Waals surface area contributed by atoms with Gasteiger partial charge in [0, 0.05) is 9.75 Å². The van der Waals surface area contributed by atoms with Gasteiger partial charge in [-0.1, -0.05) is 88.9 Å². The minimum atomic E-state index is -0.482. The normalized spacial score (nSPS) is 12.3. The molecular weight excluding hydrogens is 455 g/mol. The lowest BCUT2D eigenvalue weighted by molar-refractivity contribution is 0.0821. The fraction of sp³-hybridized carbons (Fsp3) is 0.583. The summed E-state index contributed by atoms with van der Waals surface area (Å²) in [5.74, 6) is -0.402. The second-order valence-electron chi connectivity index (χ2n) is 7.85. The summed E-state index contributed by atoms with van der Waals surface area (Å²) in [4.78, 5) is 28.5. The average molecular weight is 488 g/mol. The fourth-order valence-electron chi connectivity index (χ4n) is 3.49. The van der Waals surface area contributed by atoms with E-state index in [0.29, 0.717) is 25.7 Å². The van der Waals surface area contributed by atoms with E-state index in [2.05, 4.69) is 20.8 Å². The highest BCUT2D eigenvalue weighted by Crippen LogP contribution is 2.34. The molecule has 30 heavy (non-hydrogen) atoms. The van der Waals surface area contributed by atoms with Gasteiger partial charge >= 0.3 is 0 Å². The maximum Gasteiger partial charge on any atom is 0.244 e. The van der Waals surface area contributed by atoms with Crippen LogP contribution < -0.4 is 0 Å². The molecule has 1 atom stereocenters. The third-order valence-electron chi connectivity index (χ3n) is 5.44. The number of rotatable bonds is 14. The van der Waals surface area contributed by atoms with Crippen LogP contribution in [0, 0.1) is 5.92 Å². The van der Waals surface area contributed by atoms with Gasteiger partial charge in [-0.15, -0.1) is 22.7 Å². The third kappa shape index (κ3) is 7.19. The number of ketones is 2. The highest BCUT2D eigenvalue weighted by atomic mass is 35.5. The predicted octanol–water partition coefficient (Wildman–Crippen LogP) is 9.06. The van der Waals surface area contributed by atoms with Gasteiger partial charge in [0.2, 0.25) is 11.6 Å². The first-order valence-electron chi connectivity index (χ1n) is 11.1. The van der Waals surface area contributed by atoms with Crippen LogP contribution in [0.2, 0.25) is 10.0 Å². The lowest BCUT2D eigenvalue weighted by atomic mass is 9.95. The van der Waals surface area contributed by atoms with Crippen molar-refractivity contribution in [2.75, 3.05) is 0 Å². The van der Waals surface area contributed by atoms with Gasteiger partial charge in [0.1, 0.15) is 0 Å². The summed E-state index contributed by atoms with van der Waals surface area (Å²) in [6.07, 6.45) is 10.9. The Morgan fingerprint density at radius 3 is 1.97 bits per heavy atom. The third-order valence-corrected chi connectivity index (χ3v) is 8.69. The Kier molecular flexibility index (Phi) is 11.1. The highest BCUT2D eigenvalue weighted by Gasteiger charge is 2.25. The zero-order valence-corrected chi connectivity index (χ0v) is 21.3. The van der Waals surface area contributed by atoms with Crippen LogP contribution in [0.1, 0.15) is 101 Å². The van der Waals surface area contributed by atoms with Crippen molar-refractivity contribution in [1.82, 2.24) is 0 Å². The molecule has 1 unspecified atom stereocenters. The Hall–Kier alpha value is -0.680. The van der Waals surface area contributed by atoms with Crippen LogP contribution in [0.5, 0.6) is 0 Å². The molecule has 0 radical (unpaired) electrons. The van der Waals surface area contributed by atoms with E-state index in [1.807, 2.05) is 0 Å². The summed E-state index contributed by atoms with van der Waals surface area (Å²) in [5, 5.41) is 1.20. The monoisotopic (exact) mass is 486 g/mol. The highest BCUT2D eigenvalue weighted by molar-refractivity contribution is 7.18. The Labute approximate surface area is 199 Å². The van der Waals surface area contributed by atoms with E-state index in [9.17, 15) is 9.59 Å². The van der Waals surface area contributed by atoms with E-state index in [-0.39, 0.29) is 0 Å². The lowest BCUT2D eigenvalue weighted by Crippen LogP contribution is -2.11. The number of hydrogen-bond donors (Lipinski definition) is 0. The van der Waals surface area contributed by atoms with Crippen molar-refractivity contribution in [3.8, 4) is 0 Å². The molecule has 2 rings (SSSR count). The maximum atomic E-state index is 12.8. The molecule has 6 heteroatoms. The Morgan fingerprint density at radius 2 is 1.40 bits per heavy atom. The maximum absolute atomic E-state index is 12.8. The molecule has 0 saturated heterocycles. The van der Waals surface area contributed by atoms with Crippen molar-refractivity contribution in [3.63, 3.8) is 0 Å². The van der Waals surface area contributed by atoms with Crippen molar-refractivity contribution < 1.29 is 9.59 Å². The van der Waals surface area contributed by atoms with E-state index in [1.165, 1.54) is 48.4 Å². The Morgan fingerprint density at radius 1 is 0.833 bits per heavy atom.